The summed E-state index contributed by atoms with van der Waals surface area (Å²) in [5.41, 5.74) is 0.0583. The number of rotatable bonds is 5. The van der Waals surface area contributed by atoms with E-state index in [9.17, 15) is 18.0 Å². The summed E-state index contributed by atoms with van der Waals surface area (Å²) in [7, 11) is 0. The third-order valence-electron chi connectivity index (χ3n) is 4.71. The molecule has 0 bridgehead atoms. The number of ether oxygens (including phenoxy) is 1. The number of halogens is 3. The first-order valence-corrected chi connectivity index (χ1v) is 8.21. The Hall–Kier alpha value is -2.12. The molecular weight excluding hydrogens is 335 g/mol. The van der Waals surface area contributed by atoms with Gasteiger partial charge in [0.1, 0.15) is 17.0 Å². The smallest absolute Gasteiger partial charge is 0.422 e. The largest absolute Gasteiger partial charge is 0.484 e. The summed E-state index contributed by atoms with van der Waals surface area (Å²) in [5, 5.41) is 2.68. The SMILES string of the molecule is CC(C)C1(C)N=C(c2cc(OCC(F)(F)F)c(C3CC3)cn2)NC1=O. The van der Waals surface area contributed by atoms with Crippen LogP contribution in [0.3, 0.4) is 0 Å². The van der Waals surface area contributed by atoms with Gasteiger partial charge in [-0.15, -0.1) is 0 Å². The zero-order chi connectivity index (χ0) is 18.4. The maximum Gasteiger partial charge on any atom is 0.422 e. The molecule has 1 saturated carbocycles. The molecular formula is C17H20F3N3O2. The lowest BCUT2D eigenvalue weighted by atomic mass is 9.89. The fraction of sp³-hybridized carbons (Fsp3) is 0.588. The quantitative estimate of drug-likeness (QED) is 0.882. The van der Waals surface area contributed by atoms with Gasteiger partial charge in [0.2, 0.25) is 0 Å². The van der Waals surface area contributed by atoms with E-state index in [1.54, 1.807) is 6.92 Å². The van der Waals surface area contributed by atoms with Crippen molar-refractivity contribution in [2.45, 2.75) is 51.2 Å². The van der Waals surface area contributed by atoms with E-state index in [0.29, 0.717) is 11.3 Å². The van der Waals surface area contributed by atoms with Crippen LogP contribution in [0.2, 0.25) is 0 Å². The third-order valence-corrected chi connectivity index (χ3v) is 4.71. The molecule has 1 aromatic heterocycles. The minimum absolute atomic E-state index is 0.0308. The Kier molecular flexibility index (Phi) is 4.25. The van der Waals surface area contributed by atoms with Gasteiger partial charge in [0.15, 0.2) is 12.4 Å². The zero-order valence-electron chi connectivity index (χ0n) is 14.3. The number of carbonyl (C=O) groups excluding carboxylic acids is 1. The van der Waals surface area contributed by atoms with E-state index in [4.69, 9.17) is 4.74 Å². The third kappa shape index (κ3) is 3.62. The van der Waals surface area contributed by atoms with Crippen LogP contribution in [0, 0.1) is 5.92 Å². The predicted octanol–water partition coefficient (Wildman–Crippen LogP) is 3.19. The number of nitrogens with one attached hydrogen (secondary N) is 1. The summed E-state index contributed by atoms with van der Waals surface area (Å²) in [5.74, 6) is 0.325. The molecule has 0 aromatic carbocycles. The van der Waals surface area contributed by atoms with Crippen molar-refractivity contribution in [2.75, 3.05) is 6.61 Å². The van der Waals surface area contributed by atoms with Crippen molar-refractivity contribution in [2.24, 2.45) is 10.9 Å². The van der Waals surface area contributed by atoms with E-state index in [-0.39, 0.29) is 29.3 Å². The van der Waals surface area contributed by atoms with Crippen LogP contribution in [0.25, 0.3) is 0 Å². The summed E-state index contributed by atoms with van der Waals surface area (Å²) < 4.78 is 42.5. The Bertz CT molecular complexity index is 726. The lowest BCUT2D eigenvalue weighted by Crippen LogP contribution is -2.41. The van der Waals surface area contributed by atoms with Gasteiger partial charge >= 0.3 is 6.18 Å². The maximum atomic E-state index is 12.5. The number of aliphatic imine (C=N–C) groups is 1. The Balaban J connectivity index is 1.91. The monoisotopic (exact) mass is 355 g/mol. The van der Waals surface area contributed by atoms with Crippen molar-refractivity contribution in [3.8, 4) is 5.75 Å². The number of carbonyl (C=O) groups is 1. The topological polar surface area (TPSA) is 63.6 Å². The summed E-state index contributed by atoms with van der Waals surface area (Å²) >= 11 is 0. The minimum atomic E-state index is -4.42. The molecule has 0 saturated heterocycles. The number of aromatic nitrogens is 1. The molecule has 1 amide bonds. The molecule has 2 aliphatic rings. The molecule has 1 aromatic rings. The Morgan fingerprint density at radius 2 is 2.08 bits per heavy atom. The molecule has 5 nitrogen and oxygen atoms in total. The lowest BCUT2D eigenvalue weighted by Gasteiger charge is -2.21. The summed E-state index contributed by atoms with van der Waals surface area (Å²) in [6, 6.07) is 1.44. The van der Waals surface area contributed by atoms with E-state index >= 15 is 0 Å². The minimum Gasteiger partial charge on any atom is -0.484 e. The summed E-state index contributed by atoms with van der Waals surface area (Å²) in [6.07, 6.45) is -1.07. The highest BCUT2D eigenvalue weighted by Crippen LogP contribution is 2.44. The van der Waals surface area contributed by atoms with Crippen molar-refractivity contribution < 1.29 is 22.7 Å². The molecule has 1 N–H and O–H groups in total. The van der Waals surface area contributed by atoms with E-state index in [1.165, 1.54) is 12.3 Å². The van der Waals surface area contributed by atoms with Gasteiger partial charge in [-0.05, 0) is 31.6 Å². The fourth-order valence-electron chi connectivity index (χ4n) is 2.62. The molecule has 2 heterocycles. The molecule has 136 valence electrons. The van der Waals surface area contributed by atoms with Gasteiger partial charge in [0.05, 0.1) is 0 Å². The second-order valence-corrected chi connectivity index (χ2v) is 7.00. The second kappa shape index (κ2) is 6.00. The van der Waals surface area contributed by atoms with Crippen LogP contribution < -0.4 is 10.1 Å². The number of hydrogen-bond acceptors (Lipinski definition) is 4. The Morgan fingerprint density at radius 1 is 1.40 bits per heavy atom. The highest BCUT2D eigenvalue weighted by atomic mass is 19.4. The van der Waals surface area contributed by atoms with Crippen molar-refractivity contribution in [1.82, 2.24) is 10.3 Å². The lowest BCUT2D eigenvalue weighted by molar-refractivity contribution is -0.153. The van der Waals surface area contributed by atoms with Crippen LogP contribution in [0.5, 0.6) is 5.75 Å². The molecule has 0 spiro atoms. The predicted molar refractivity (Wildman–Crippen MR) is 85.7 cm³/mol. The summed E-state index contributed by atoms with van der Waals surface area (Å²) in [6.45, 7) is 4.12. The van der Waals surface area contributed by atoms with E-state index < -0.39 is 18.3 Å². The molecule has 1 unspecified atom stereocenters. The Morgan fingerprint density at radius 3 is 2.60 bits per heavy atom. The zero-order valence-corrected chi connectivity index (χ0v) is 14.3. The van der Waals surface area contributed by atoms with Crippen LogP contribution in [-0.4, -0.2) is 35.0 Å². The van der Waals surface area contributed by atoms with Gasteiger partial charge in [-0.3, -0.25) is 9.78 Å². The number of alkyl halides is 3. The van der Waals surface area contributed by atoms with Gasteiger partial charge in [0.25, 0.3) is 5.91 Å². The molecule has 8 heteroatoms. The number of nitrogens with zero attached hydrogens (tertiary/aromatic N) is 2. The number of pyridine rings is 1. The average Bonchev–Trinajstić information content (AvgIpc) is 3.31. The first-order chi connectivity index (χ1) is 11.6. The normalized spacial score (nSPS) is 23.6. The molecule has 25 heavy (non-hydrogen) atoms. The molecule has 3 rings (SSSR count). The molecule has 1 aliphatic carbocycles. The van der Waals surface area contributed by atoms with Gasteiger partial charge in [-0.2, -0.15) is 13.2 Å². The van der Waals surface area contributed by atoms with Crippen molar-refractivity contribution in [3.63, 3.8) is 0 Å². The van der Waals surface area contributed by atoms with Crippen molar-refractivity contribution >= 4 is 11.7 Å². The fourth-order valence-corrected chi connectivity index (χ4v) is 2.62. The molecule has 1 aliphatic heterocycles. The van der Waals surface area contributed by atoms with Gasteiger partial charge in [0, 0.05) is 17.8 Å². The molecule has 1 fully saturated rings. The summed E-state index contributed by atoms with van der Waals surface area (Å²) in [4.78, 5) is 20.9. The van der Waals surface area contributed by atoms with Crippen molar-refractivity contribution in [3.05, 3.63) is 23.5 Å². The van der Waals surface area contributed by atoms with Crippen molar-refractivity contribution in [1.29, 1.82) is 0 Å². The number of hydrogen-bond donors (Lipinski definition) is 1. The second-order valence-electron chi connectivity index (χ2n) is 7.00. The molecule has 0 radical (unpaired) electrons. The van der Waals surface area contributed by atoms with E-state index in [1.807, 2.05) is 13.8 Å². The first-order valence-electron chi connectivity index (χ1n) is 8.21. The van der Waals surface area contributed by atoms with Crippen LogP contribution in [-0.2, 0) is 4.79 Å². The Labute approximate surface area is 143 Å². The van der Waals surface area contributed by atoms with Gasteiger partial charge in [-0.1, -0.05) is 13.8 Å². The average molecular weight is 355 g/mol. The van der Waals surface area contributed by atoms with Crippen LogP contribution in [0.4, 0.5) is 13.2 Å². The molecule has 1 atom stereocenters. The highest BCUT2D eigenvalue weighted by Gasteiger charge is 2.42. The standard InChI is InChI=1S/C17H20F3N3O2/c1-9(2)16(3)15(24)22-14(23-16)12-6-13(25-8-17(18,19)20)11(7-21-12)10-4-5-10/h6-7,9-10H,4-5,8H2,1-3H3,(H,22,23,24). The van der Waals surface area contributed by atoms with E-state index in [2.05, 4.69) is 15.3 Å². The number of amidine groups is 1. The van der Waals surface area contributed by atoms with Crippen LogP contribution in [0.15, 0.2) is 17.3 Å². The maximum absolute atomic E-state index is 12.5. The van der Waals surface area contributed by atoms with Crippen LogP contribution >= 0.6 is 0 Å². The first kappa shape index (κ1) is 17.7. The highest BCUT2D eigenvalue weighted by molar-refractivity contribution is 6.14. The van der Waals surface area contributed by atoms with Gasteiger partial charge < -0.3 is 10.1 Å². The van der Waals surface area contributed by atoms with E-state index in [0.717, 1.165) is 12.8 Å². The van der Waals surface area contributed by atoms with Gasteiger partial charge in [-0.25, -0.2) is 4.99 Å². The number of amides is 1. The van der Waals surface area contributed by atoms with Crippen LogP contribution in [0.1, 0.15) is 50.8 Å².